The van der Waals surface area contributed by atoms with Crippen molar-refractivity contribution >= 4 is 35.6 Å². The molecule has 20 heavy (non-hydrogen) atoms. The van der Waals surface area contributed by atoms with Gasteiger partial charge in [-0.25, -0.2) is 0 Å². The van der Waals surface area contributed by atoms with Crippen LogP contribution in [0.4, 0.5) is 5.69 Å². The molecule has 2 rings (SSSR count). The molecule has 112 valence electrons. The summed E-state index contributed by atoms with van der Waals surface area (Å²) in [6, 6.07) is 6.02. The van der Waals surface area contributed by atoms with E-state index in [0.29, 0.717) is 23.3 Å². The van der Waals surface area contributed by atoms with Gasteiger partial charge in [0.1, 0.15) is 0 Å². The zero-order chi connectivity index (χ0) is 13.8. The number of piperazine rings is 1. The predicted molar refractivity (Wildman–Crippen MR) is 86.0 cm³/mol. The predicted octanol–water partition coefficient (Wildman–Crippen LogP) is 2.30. The maximum atomic E-state index is 12.0. The Hall–Kier alpha value is -0.810. The number of amides is 1. The van der Waals surface area contributed by atoms with E-state index >= 15 is 0 Å². The molecule has 1 heterocycles. The average molecular weight is 318 g/mol. The number of benzene rings is 1. The first-order chi connectivity index (χ1) is 9.06. The topological polar surface area (TPSA) is 44.4 Å². The lowest BCUT2D eigenvalue weighted by Crippen LogP contribution is -2.51. The maximum Gasteiger partial charge on any atom is 0.238 e. The Kier molecular flexibility index (Phi) is 6.76. The Morgan fingerprint density at radius 1 is 1.55 bits per heavy atom. The van der Waals surface area contributed by atoms with Gasteiger partial charge in [-0.15, -0.1) is 12.4 Å². The molecule has 4 nitrogen and oxygen atoms in total. The van der Waals surface area contributed by atoms with Crippen molar-refractivity contribution in [1.29, 1.82) is 0 Å². The largest absolute Gasteiger partial charge is 0.324 e. The number of rotatable bonds is 3. The molecule has 1 amide bonds. The molecule has 0 saturated carbocycles. The molecule has 0 spiro atoms. The van der Waals surface area contributed by atoms with Crippen molar-refractivity contribution in [2.24, 2.45) is 0 Å². The third-order valence-corrected chi connectivity index (χ3v) is 3.70. The fourth-order valence-corrected chi connectivity index (χ4v) is 2.50. The van der Waals surface area contributed by atoms with Crippen LogP contribution < -0.4 is 10.6 Å². The Labute approximate surface area is 131 Å². The molecule has 0 unspecified atom stereocenters. The van der Waals surface area contributed by atoms with E-state index in [9.17, 15) is 4.79 Å². The summed E-state index contributed by atoms with van der Waals surface area (Å²) in [5.74, 6) is -0.0143. The fraction of sp³-hybridized carbons (Fsp3) is 0.500. The van der Waals surface area contributed by atoms with E-state index in [0.717, 1.165) is 25.2 Å². The van der Waals surface area contributed by atoms with Crippen LogP contribution in [-0.2, 0) is 4.79 Å². The lowest BCUT2D eigenvalue weighted by molar-refractivity contribution is -0.118. The van der Waals surface area contributed by atoms with Gasteiger partial charge in [0.05, 0.1) is 17.3 Å². The monoisotopic (exact) mass is 317 g/mol. The second-order valence-electron chi connectivity index (χ2n) is 5.06. The molecule has 1 aromatic rings. The highest BCUT2D eigenvalue weighted by molar-refractivity contribution is 6.33. The average Bonchev–Trinajstić information content (AvgIpc) is 2.36. The van der Waals surface area contributed by atoms with Crippen molar-refractivity contribution in [3.8, 4) is 0 Å². The molecule has 0 aliphatic carbocycles. The van der Waals surface area contributed by atoms with E-state index < -0.39 is 0 Å². The summed E-state index contributed by atoms with van der Waals surface area (Å²) in [6.07, 6.45) is 0. The summed E-state index contributed by atoms with van der Waals surface area (Å²) >= 11 is 6.11. The highest BCUT2D eigenvalue weighted by Crippen LogP contribution is 2.22. The minimum atomic E-state index is -0.0143. The van der Waals surface area contributed by atoms with Crippen molar-refractivity contribution in [2.45, 2.75) is 19.9 Å². The van der Waals surface area contributed by atoms with Crippen LogP contribution in [0.15, 0.2) is 18.2 Å². The third kappa shape index (κ3) is 4.63. The van der Waals surface area contributed by atoms with Crippen molar-refractivity contribution in [3.63, 3.8) is 0 Å². The number of anilines is 1. The number of carbonyl (C=O) groups is 1. The third-order valence-electron chi connectivity index (χ3n) is 3.38. The molecule has 1 saturated heterocycles. The summed E-state index contributed by atoms with van der Waals surface area (Å²) in [6.45, 7) is 7.27. The maximum absolute atomic E-state index is 12.0. The minimum Gasteiger partial charge on any atom is -0.324 e. The fourth-order valence-electron chi connectivity index (χ4n) is 2.21. The number of hydrogen-bond donors (Lipinski definition) is 2. The van der Waals surface area contributed by atoms with Gasteiger partial charge in [0.2, 0.25) is 5.91 Å². The molecule has 2 N–H and O–H groups in total. The van der Waals surface area contributed by atoms with Crippen LogP contribution in [0.5, 0.6) is 0 Å². The summed E-state index contributed by atoms with van der Waals surface area (Å²) in [4.78, 5) is 14.2. The number of hydrogen-bond acceptors (Lipinski definition) is 3. The van der Waals surface area contributed by atoms with Gasteiger partial charge in [0.25, 0.3) is 0 Å². The van der Waals surface area contributed by atoms with Crippen LogP contribution in [0.1, 0.15) is 12.5 Å². The lowest BCUT2D eigenvalue weighted by atomic mass is 10.2. The first kappa shape index (κ1) is 17.2. The SMILES string of the molecule is Cc1ccc(NC(=O)CN2CCNC[C@H]2C)c(Cl)c1.Cl. The van der Waals surface area contributed by atoms with Gasteiger partial charge < -0.3 is 10.6 Å². The minimum absolute atomic E-state index is 0. The van der Waals surface area contributed by atoms with E-state index in [1.807, 2.05) is 25.1 Å². The molecular formula is C14H21Cl2N3O. The summed E-state index contributed by atoms with van der Waals surface area (Å²) < 4.78 is 0. The molecule has 0 bridgehead atoms. The van der Waals surface area contributed by atoms with Crippen LogP contribution in [0.25, 0.3) is 0 Å². The lowest BCUT2D eigenvalue weighted by Gasteiger charge is -2.33. The zero-order valence-electron chi connectivity index (χ0n) is 11.8. The number of carbonyl (C=O) groups excluding carboxylic acids is 1. The second-order valence-corrected chi connectivity index (χ2v) is 5.46. The quantitative estimate of drug-likeness (QED) is 0.899. The van der Waals surface area contributed by atoms with Gasteiger partial charge in [-0.3, -0.25) is 9.69 Å². The molecular weight excluding hydrogens is 297 g/mol. The van der Waals surface area contributed by atoms with Crippen LogP contribution >= 0.6 is 24.0 Å². The summed E-state index contributed by atoms with van der Waals surface area (Å²) in [5.41, 5.74) is 1.76. The van der Waals surface area contributed by atoms with Gasteiger partial charge in [0.15, 0.2) is 0 Å². The van der Waals surface area contributed by atoms with Crippen LogP contribution in [0.2, 0.25) is 5.02 Å². The van der Waals surface area contributed by atoms with E-state index in [1.54, 1.807) is 0 Å². The first-order valence-electron chi connectivity index (χ1n) is 6.57. The Balaban J connectivity index is 0.00000200. The van der Waals surface area contributed by atoms with Crippen LogP contribution in [-0.4, -0.2) is 43.0 Å². The Morgan fingerprint density at radius 2 is 2.30 bits per heavy atom. The molecule has 1 aromatic carbocycles. The highest BCUT2D eigenvalue weighted by Gasteiger charge is 2.20. The normalized spacial score (nSPS) is 19.2. The van der Waals surface area contributed by atoms with E-state index in [4.69, 9.17) is 11.6 Å². The van der Waals surface area contributed by atoms with E-state index in [1.165, 1.54) is 0 Å². The molecule has 1 atom stereocenters. The number of nitrogens with zero attached hydrogens (tertiary/aromatic N) is 1. The Morgan fingerprint density at radius 3 is 2.95 bits per heavy atom. The molecule has 1 aliphatic heterocycles. The van der Waals surface area contributed by atoms with Gasteiger partial charge >= 0.3 is 0 Å². The standard InChI is InChI=1S/C14H20ClN3O.ClH/c1-10-3-4-13(12(15)7-10)17-14(19)9-18-6-5-16-8-11(18)2;/h3-4,7,11,16H,5-6,8-9H2,1-2H3,(H,17,19);1H/t11-;/m1./s1. The van der Waals surface area contributed by atoms with Crippen molar-refractivity contribution in [1.82, 2.24) is 10.2 Å². The summed E-state index contributed by atoms with van der Waals surface area (Å²) in [7, 11) is 0. The van der Waals surface area contributed by atoms with Crippen LogP contribution in [0, 0.1) is 6.92 Å². The number of halogens is 2. The number of aryl methyl sites for hydroxylation is 1. The van der Waals surface area contributed by atoms with Crippen molar-refractivity contribution < 1.29 is 4.79 Å². The second kappa shape index (κ2) is 7.84. The summed E-state index contributed by atoms with van der Waals surface area (Å²) in [5, 5.41) is 6.77. The van der Waals surface area contributed by atoms with Gasteiger partial charge in [0, 0.05) is 25.7 Å². The van der Waals surface area contributed by atoms with Crippen molar-refractivity contribution in [2.75, 3.05) is 31.5 Å². The van der Waals surface area contributed by atoms with E-state index in [-0.39, 0.29) is 18.3 Å². The number of nitrogens with one attached hydrogen (secondary N) is 2. The van der Waals surface area contributed by atoms with Gasteiger partial charge in [-0.2, -0.15) is 0 Å². The van der Waals surface area contributed by atoms with Gasteiger partial charge in [-0.05, 0) is 31.5 Å². The smallest absolute Gasteiger partial charge is 0.238 e. The van der Waals surface area contributed by atoms with Crippen LogP contribution in [0.3, 0.4) is 0 Å². The molecule has 6 heteroatoms. The van der Waals surface area contributed by atoms with E-state index in [2.05, 4.69) is 22.5 Å². The molecule has 0 radical (unpaired) electrons. The first-order valence-corrected chi connectivity index (χ1v) is 6.95. The molecule has 1 aliphatic rings. The molecule has 1 fully saturated rings. The zero-order valence-corrected chi connectivity index (χ0v) is 13.4. The Bertz CT molecular complexity index is 468. The van der Waals surface area contributed by atoms with Crippen molar-refractivity contribution in [3.05, 3.63) is 28.8 Å². The highest BCUT2D eigenvalue weighted by atomic mass is 35.5. The molecule has 0 aromatic heterocycles. The van der Waals surface area contributed by atoms with Gasteiger partial charge in [-0.1, -0.05) is 17.7 Å².